The molecule has 31 heteroatoms. The summed E-state index contributed by atoms with van der Waals surface area (Å²) in [7, 11) is 0. The second-order valence-electron chi connectivity index (χ2n) is 17.4. The Morgan fingerprint density at radius 1 is 0.657 bits per heavy atom. The first-order chi connectivity index (χ1) is 32.8. The summed E-state index contributed by atoms with van der Waals surface area (Å²) in [5, 5.41) is 177. The van der Waals surface area contributed by atoms with Crippen molar-refractivity contribution >= 4 is 23.7 Å². The number of rotatable bonds is 22. The molecule has 0 aliphatic carbocycles. The average molecular weight is 1030 g/mol. The van der Waals surface area contributed by atoms with Crippen LogP contribution in [0.5, 0.6) is 0 Å². The maximum atomic E-state index is 12.7. The zero-order valence-electron chi connectivity index (χ0n) is 38.2. The zero-order chi connectivity index (χ0) is 52.7. The maximum absolute atomic E-state index is 12.7. The Balaban J connectivity index is 1.65. The fraction of sp³-hybridized carbons (Fsp3) is 0.897. The Hall–Kier alpha value is -3.04. The Labute approximate surface area is 397 Å². The van der Waals surface area contributed by atoms with Gasteiger partial charge in [0.1, 0.15) is 104 Å². The van der Waals surface area contributed by atoms with E-state index >= 15 is 0 Å². The highest BCUT2D eigenvalue weighted by Gasteiger charge is 2.58. The highest BCUT2D eigenvalue weighted by atomic mass is 16.8. The van der Waals surface area contributed by atoms with Crippen LogP contribution < -0.4 is 16.0 Å². The van der Waals surface area contributed by atoms with Crippen molar-refractivity contribution in [3.05, 3.63) is 0 Å². The molecule has 19 N–H and O–H groups in total. The molecular formula is C39H67N3O28. The lowest BCUT2D eigenvalue weighted by molar-refractivity contribution is -0.384. The highest BCUT2D eigenvalue weighted by Crippen LogP contribution is 2.36. The van der Waals surface area contributed by atoms with Crippen LogP contribution in [0.1, 0.15) is 34.1 Å². The Bertz CT molecular complexity index is 1710. The van der Waals surface area contributed by atoms with Gasteiger partial charge in [0.05, 0.1) is 57.3 Å². The molecule has 0 aromatic carbocycles. The van der Waals surface area contributed by atoms with Crippen molar-refractivity contribution in [3.8, 4) is 0 Å². The van der Waals surface area contributed by atoms with Crippen LogP contribution >= 0.6 is 0 Å². The van der Waals surface area contributed by atoms with Crippen molar-refractivity contribution in [2.45, 2.75) is 187 Å². The number of hydrogen-bond donors (Lipinski definition) is 19. The van der Waals surface area contributed by atoms with E-state index in [9.17, 15) is 101 Å². The summed E-state index contributed by atoms with van der Waals surface area (Å²) in [6, 6.07) is -5.20. The summed E-state index contributed by atoms with van der Waals surface area (Å²) in [6.45, 7) is -1.26. The van der Waals surface area contributed by atoms with Crippen LogP contribution in [0.25, 0.3) is 0 Å². The summed E-state index contributed by atoms with van der Waals surface area (Å²) in [5.41, 5.74) is 0. The first-order valence-electron chi connectivity index (χ1n) is 22.0. The summed E-state index contributed by atoms with van der Waals surface area (Å²) in [6.07, 6.45) is -41.8. The lowest BCUT2D eigenvalue weighted by Gasteiger charge is -2.49. The van der Waals surface area contributed by atoms with E-state index in [0.717, 1.165) is 20.8 Å². The van der Waals surface area contributed by atoms with E-state index in [2.05, 4.69) is 16.0 Å². The summed E-state index contributed by atoms with van der Waals surface area (Å²) in [4.78, 5) is 49.6. The molecule has 4 heterocycles. The molecule has 0 saturated carbocycles. The molecule has 31 nitrogen and oxygen atoms in total. The quantitative estimate of drug-likeness (QED) is 0.0479. The summed E-state index contributed by atoms with van der Waals surface area (Å²) in [5.74, 6) is -7.58. The molecule has 0 radical (unpaired) electrons. The van der Waals surface area contributed by atoms with Gasteiger partial charge in [-0.1, -0.05) is 0 Å². The van der Waals surface area contributed by atoms with Crippen molar-refractivity contribution < 1.29 is 139 Å². The SMILES string of the molecule is CC(=O)N[C@H]1[C@H](O[C@@H]([C@@H](O)[C@H](O)CO[C@]2(C(=O)O)C[C@H](O)[C@@H](NC(C)=O)[C@H]([C@H](O)[C@H](O)CO)O2)[C@H](CO)NC(C)=O)O[C@H](CO)[C@@H](O[C@@H]2O[C@H](CO)[C@H](O)[C@H](O)[C@H]2O[C@@H]2O[C@@H](C)[C@@H](O)[C@@H](O)[C@@H]2O)[C@@H]1O. The van der Waals surface area contributed by atoms with Gasteiger partial charge in [-0.25, -0.2) is 4.79 Å². The van der Waals surface area contributed by atoms with E-state index in [1.165, 1.54) is 6.92 Å². The molecule has 0 aromatic heterocycles. The molecule has 0 unspecified atom stereocenters. The lowest BCUT2D eigenvalue weighted by atomic mass is 9.88. The van der Waals surface area contributed by atoms with Gasteiger partial charge in [-0.2, -0.15) is 0 Å². The number of carboxylic acid groups (broad SMARTS) is 1. The van der Waals surface area contributed by atoms with Crippen molar-refractivity contribution in [3.63, 3.8) is 0 Å². The molecule has 4 saturated heterocycles. The second-order valence-corrected chi connectivity index (χ2v) is 17.4. The van der Waals surface area contributed by atoms with E-state index in [4.69, 9.17) is 37.9 Å². The minimum Gasteiger partial charge on any atom is -0.477 e. The molecule has 406 valence electrons. The molecule has 70 heavy (non-hydrogen) atoms. The first-order valence-corrected chi connectivity index (χ1v) is 22.0. The van der Waals surface area contributed by atoms with E-state index in [1.807, 2.05) is 0 Å². The smallest absolute Gasteiger partial charge is 0.364 e. The third-order valence-electron chi connectivity index (χ3n) is 12.1. The number of aliphatic carboxylic acids is 1. The normalized spacial score (nSPS) is 40.7. The van der Waals surface area contributed by atoms with Crippen LogP contribution in [0.3, 0.4) is 0 Å². The minimum atomic E-state index is -3.03. The largest absolute Gasteiger partial charge is 0.477 e. The molecule has 0 bridgehead atoms. The predicted molar refractivity (Wildman–Crippen MR) is 219 cm³/mol. The van der Waals surface area contributed by atoms with E-state index in [-0.39, 0.29) is 0 Å². The van der Waals surface area contributed by atoms with Gasteiger partial charge in [0.15, 0.2) is 18.9 Å². The van der Waals surface area contributed by atoms with Gasteiger partial charge in [-0.05, 0) is 6.92 Å². The van der Waals surface area contributed by atoms with Crippen LogP contribution in [-0.2, 0) is 57.1 Å². The molecule has 4 fully saturated rings. The van der Waals surface area contributed by atoms with Gasteiger partial charge in [-0.3, -0.25) is 14.4 Å². The van der Waals surface area contributed by atoms with Crippen LogP contribution in [0.2, 0.25) is 0 Å². The molecule has 4 aliphatic heterocycles. The topological polar surface area (TPSA) is 502 Å². The van der Waals surface area contributed by atoms with E-state index < -0.39 is 216 Å². The lowest BCUT2D eigenvalue weighted by Crippen LogP contribution is -2.69. The van der Waals surface area contributed by atoms with E-state index in [0.29, 0.717) is 0 Å². The Kier molecular flexibility index (Phi) is 21.9. The standard InChI is InChI=1S/C39H67N3O28/c1-11-23(53)28(58)30(60)36(64-11)69-34-29(59)26(56)19(8-45)65-37(34)68-32-20(9-46)66-35(22(27(32)57)42-14(4)49)67-31(15(6-43)40-12(2)47)25(55)18(52)10-63-39(38(61)62)5-16(50)21(41-13(3)48)33(70-39)24(54)17(51)7-44/h11,15-37,43-46,50-60H,5-10H2,1-4H3,(H,40,47)(H,41,48)(H,42,49)(H,61,62)/t11-,15-,16-,17+,18+,19+,20+,21+,22+,23+,24+,25-,26-,27+,28+,29-,30-,31+,32+,33+,34+,35-,36-,37-,39+/m0/s1. The van der Waals surface area contributed by atoms with Crippen LogP contribution in [0.4, 0.5) is 0 Å². The summed E-state index contributed by atoms with van der Waals surface area (Å²) < 4.78 is 45.6. The molecule has 3 amide bonds. The minimum absolute atomic E-state index is 0.794. The van der Waals surface area contributed by atoms with Gasteiger partial charge >= 0.3 is 5.97 Å². The molecule has 0 aromatic rings. The van der Waals surface area contributed by atoms with Gasteiger partial charge in [0.2, 0.25) is 17.7 Å². The van der Waals surface area contributed by atoms with Gasteiger partial charge in [-0.15, -0.1) is 0 Å². The number of aliphatic hydroxyl groups is 15. The third kappa shape index (κ3) is 13.8. The van der Waals surface area contributed by atoms with Crippen molar-refractivity contribution in [1.82, 2.24) is 16.0 Å². The number of carbonyl (C=O) groups excluding carboxylic acids is 3. The second kappa shape index (κ2) is 25.8. The number of carboxylic acids is 1. The van der Waals surface area contributed by atoms with Crippen LogP contribution in [0.15, 0.2) is 0 Å². The van der Waals surface area contributed by atoms with Crippen LogP contribution in [-0.4, -0.2) is 291 Å². The molecule has 4 aliphatic rings. The predicted octanol–water partition coefficient (Wildman–Crippen LogP) is -11.6. The van der Waals surface area contributed by atoms with Gasteiger partial charge in [0, 0.05) is 27.2 Å². The highest BCUT2D eigenvalue weighted by molar-refractivity contribution is 5.76. The van der Waals surface area contributed by atoms with Gasteiger partial charge in [0.25, 0.3) is 5.79 Å². The van der Waals surface area contributed by atoms with Crippen LogP contribution in [0, 0.1) is 0 Å². The van der Waals surface area contributed by atoms with Crippen molar-refractivity contribution in [1.29, 1.82) is 0 Å². The third-order valence-corrected chi connectivity index (χ3v) is 12.1. The first kappa shape index (κ1) is 59.5. The van der Waals surface area contributed by atoms with Crippen molar-refractivity contribution in [2.75, 3.05) is 33.0 Å². The fourth-order valence-electron chi connectivity index (χ4n) is 8.36. The number of amides is 3. The number of ether oxygens (including phenoxy) is 8. The monoisotopic (exact) mass is 1030 g/mol. The molecule has 0 spiro atoms. The maximum Gasteiger partial charge on any atom is 0.364 e. The fourth-order valence-corrected chi connectivity index (χ4v) is 8.36. The number of carbonyl (C=O) groups is 4. The van der Waals surface area contributed by atoms with Gasteiger partial charge < -0.3 is 136 Å². The number of aliphatic hydroxyl groups excluding tert-OH is 15. The van der Waals surface area contributed by atoms with E-state index in [1.54, 1.807) is 0 Å². The number of hydrogen-bond acceptors (Lipinski definition) is 27. The average Bonchev–Trinajstić information content (AvgIpc) is 3.30. The molecule has 4 rings (SSSR count). The summed E-state index contributed by atoms with van der Waals surface area (Å²) >= 11 is 0. The molecule has 25 atom stereocenters. The number of nitrogens with one attached hydrogen (secondary N) is 3. The Morgan fingerprint density at radius 3 is 1.79 bits per heavy atom. The molecular weight excluding hydrogens is 958 g/mol. The Morgan fingerprint density at radius 2 is 1.24 bits per heavy atom. The zero-order valence-corrected chi connectivity index (χ0v) is 38.2. The van der Waals surface area contributed by atoms with Crippen molar-refractivity contribution in [2.24, 2.45) is 0 Å².